The molecule has 2 rings (SSSR count). The lowest BCUT2D eigenvalue weighted by Gasteiger charge is -2.27. The Morgan fingerprint density at radius 2 is 2.47 bits per heavy atom. The summed E-state index contributed by atoms with van der Waals surface area (Å²) >= 11 is 0. The molecule has 1 fully saturated rings. The Labute approximate surface area is 98.1 Å². The van der Waals surface area contributed by atoms with E-state index in [2.05, 4.69) is 15.3 Å². The van der Waals surface area contributed by atoms with Gasteiger partial charge in [0.25, 0.3) is 5.56 Å². The van der Waals surface area contributed by atoms with Crippen LogP contribution >= 0.6 is 0 Å². The molecule has 1 saturated carbocycles. The molecule has 92 valence electrons. The first-order valence-electron chi connectivity index (χ1n) is 5.57. The second-order valence-electron chi connectivity index (χ2n) is 4.58. The van der Waals surface area contributed by atoms with Crippen LogP contribution in [-0.2, 0) is 4.79 Å². The van der Waals surface area contributed by atoms with Gasteiger partial charge in [-0.3, -0.25) is 9.59 Å². The van der Waals surface area contributed by atoms with Crippen LogP contribution in [0.2, 0.25) is 0 Å². The van der Waals surface area contributed by atoms with Crippen molar-refractivity contribution in [1.29, 1.82) is 0 Å². The Hall–Kier alpha value is -1.85. The number of H-pyrrole nitrogens is 1. The summed E-state index contributed by atoms with van der Waals surface area (Å²) in [6, 6.07) is -0.254. The second kappa shape index (κ2) is 4.20. The molecule has 0 bridgehead atoms. The Kier molecular flexibility index (Phi) is 2.87. The first kappa shape index (κ1) is 11.6. The van der Waals surface area contributed by atoms with E-state index in [1.54, 1.807) is 6.92 Å². The van der Waals surface area contributed by atoms with Crippen molar-refractivity contribution in [3.05, 3.63) is 22.7 Å². The van der Waals surface area contributed by atoms with Gasteiger partial charge in [-0.25, -0.2) is 4.98 Å². The Morgan fingerprint density at radius 3 is 3.12 bits per heavy atom. The average molecular weight is 237 g/mol. The summed E-state index contributed by atoms with van der Waals surface area (Å²) in [4.78, 5) is 29.1. The van der Waals surface area contributed by atoms with Gasteiger partial charge in [0.2, 0.25) is 0 Å². The molecule has 2 unspecified atom stereocenters. The maximum absolute atomic E-state index is 11.5. The maximum Gasteiger partial charge on any atom is 0.311 e. The number of aliphatic carboxylic acids is 1. The highest BCUT2D eigenvalue weighted by molar-refractivity contribution is 5.76. The van der Waals surface area contributed by atoms with Crippen molar-refractivity contribution in [2.45, 2.75) is 32.2 Å². The number of carboxylic acid groups (broad SMARTS) is 1. The fourth-order valence-electron chi connectivity index (χ4n) is 2.27. The summed E-state index contributed by atoms with van der Waals surface area (Å²) in [7, 11) is 0. The monoisotopic (exact) mass is 237 g/mol. The fraction of sp³-hybridized carbons (Fsp3) is 0.545. The number of rotatable bonds is 3. The number of nitrogens with zero attached hydrogens (tertiary/aromatic N) is 1. The number of aromatic amines is 1. The summed E-state index contributed by atoms with van der Waals surface area (Å²) in [5.41, 5.74) is -1.16. The van der Waals surface area contributed by atoms with Crippen LogP contribution in [0.3, 0.4) is 0 Å². The van der Waals surface area contributed by atoms with E-state index in [1.807, 2.05) is 0 Å². The first-order chi connectivity index (χ1) is 8.04. The van der Waals surface area contributed by atoms with Crippen LogP contribution < -0.4 is 10.9 Å². The van der Waals surface area contributed by atoms with Gasteiger partial charge in [0, 0.05) is 18.4 Å². The maximum atomic E-state index is 11.5. The molecule has 6 heteroatoms. The molecule has 0 radical (unpaired) electrons. The van der Waals surface area contributed by atoms with Crippen LogP contribution in [-0.4, -0.2) is 27.1 Å². The van der Waals surface area contributed by atoms with Crippen molar-refractivity contribution in [2.75, 3.05) is 5.32 Å². The molecule has 0 aliphatic heterocycles. The fourth-order valence-corrected chi connectivity index (χ4v) is 2.27. The predicted molar refractivity (Wildman–Crippen MR) is 61.9 cm³/mol. The zero-order valence-corrected chi connectivity index (χ0v) is 9.56. The zero-order valence-electron chi connectivity index (χ0n) is 9.56. The van der Waals surface area contributed by atoms with E-state index < -0.39 is 11.4 Å². The lowest BCUT2D eigenvalue weighted by molar-refractivity contribution is -0.147. The number of hydrogen-bond donors (Lipinski definition) is 3. The third kappa shape index (κ3) is 2.02. The molecular formula is C11H15N3O3. The van der Waals surface area contributed by atoms with E-state index in [0.717, 1.165) is 12.8 Å². The largest absolute Gasteiger partial charge is 0.481 e. The van der Waals surface area contributed by atoms with Crippen molar-refractivity contribution in [2.24, 2.45) is 5.41 Å². The average Bonchev–Trinajstić information content (AvgIpc) is 2.65. The topological polar surface area (TPSA) is 95.1 Å². The van der Waals surface area contributed by atoms with Crippen molar-refractivity contribution < 1.29 is 9.90 Å². The molecule has 6 nitrogen and oxygen atoms in total. The lowest BCUT2D eigenvalue weighted by atomic mass is 9.85. The van der Waals surface area contributed by atoms with Crippen molar-refractivity contribution in [3.63, 3.8) is 0 Å². The molecule has 1 heterocycles. The number of aromatic nitrogens is 2. The third-order valence-electron chi connectivity index (χ3n) is 3.47. The molecule has 0 aromatic carbocycles. The van der Waals surface area contributed by atoms with Crippen LogP contribution in [0.15, 0.2) is 17.2 Å². The molecule has 1 aromatic heterocycles. The normalized spacial score (nSPS) is 27.9. The van der Waals surface area contributed by atoms with E-state index >= 15 is 0 Å². The quantitative estimate of drug-likeness (QED) is 0.723. The van der Waals surface area contributed by atoms with Gasteiger partial charge >= 0.3 is 5.97 Å². The summed E-state index contributed by atoms with van der Waals surface area (Å²) in [5, 5.41) is 12.2. The van der Waals surface area contributed by atoms with Gasteiger partial charge in [0.15, 0.2) is 5.82 Å². The standard InChI is InChI=1S/C11H15N3O3/c1-11(10(16)17)4-2-3-7(11)14-8-9(15)13-6-5-12-8/h5-7H,2-4H2,1H3,(H,12,14)(H,13,15)(H,16,17). The summed E-state index contributed by atoms with van der Waals surface area (Å²) in [6.07, 6.45) is 5.10. The summed E-state index contributed by atoms with van der Waals surface area (Å²) < 4.78 is 0. The van der Waals surface area contributed by atoms with Gasteiger partial charge in [0.05, 0.1) is 5.41 Å². The van der Waals surface area contributed by atoms with Crippen molar-refractivity contribution in [1.82, 2.24) is 9.97 Å². The Morgan fingerprint density at radius 1 is 1.71 bits per heavy atom. The van der Waals surface area contributed by atoms with E-state index in [9.17, 15) is 14.7 Å². The predicted octanol–water partition coefficient (Wildman–Crippen LogP) is 0.825. The number of carboxylic acids is 1. The number of carbonyl (C=O) groups is 1. The molecule has 1 aliphatic rings. The molecule has 1 aliphatic carbocycles. The minimum absolute atomic E-state index is 0.187. The molecule has 0 spiro atoms. The number of anilines is 1. The minimum Gasteiger partial charge on any atom is -0.481 e. The van der Waals surface area contributed by atoms with Crippen molar-refractivity contribution >= 4 is 11.8 Å². The second-order valence-corrected chi connectivity index (χ2v) is 4.58. The third-order valence-corrected chi connectivity index (χ3v) is 3.47. The first-order valence-corrected chi connectivity index (χ1v) is 5.57. The number of hydrogen-bond acceptors (Lipinski definition) is 4. The SMILES string of the molecule is CC1(C(=O)O)CCCC1Nc1ncc[nH]c1=O. The smallest absolute Gasteiger partial charge is 0.311 e. The Balaban J connectivity index is 2.22. The van der Waals surface area contributed by atoms with E-state index in [0.29, 0.717) is 6.42 Å². The summed E-state index contributed by atoms with van der Waals surface area (Å²) in [5.74, 6) is -0.647. The van der Waals surface area contributed by atoms with E-state index in [4.69, 9.17) is 0 Å². The summed E-state index contributed by atoms with van der Waals surface area (Å²) in [6.45, 7) is 1.71. The highest BCUT2D eigenvalue weighted by Crippen LogP contribution is 2.39. The minimum atomic E-state index is -0.833. The molecule has 17 heavy (non-hydrogen) atoms. The van der Waals surface area contributed by atoms with Crippen LogP contribution in [0.5, 0.6) is 0 Å². The van der Waals surface area contributed by atoms with Gasteiger partial charge in [-0.2, -0.15) is 0 Å². The molecule has 1 aromatic rings. The molecule has 3 N–H and O–H groups in total. The van der Waals surface area contributed by atoms with Gasteiger partial charge in [0.1, 0.15) is 0 Å². The van der Waals surface area contributed by atoms with Gasteiger partial charge in [-0.15, -0.1) is 0 Å². The zero-order chi connectivity index (χ0) is 12.5. The molecule has 2 atom stereocenters. The lowest BCUT2D eigenvalue weighted by Crippen LogP contribution is -2.41. The van der Waals surface area contributed by atoms with E-state index in [1.165, 1.54) is 12.4 Å². The van der Waals surface area contributed by atoms with Gasteiger partial charge < -0.3 is 15.4 Å². The molecule has 0 saturated heterocycles. The Bertz CT molecular complexity index is 485. The molecular weight excluding hydrogens is 222 g/mol. The highest BCUT2D eigenvalue weighted by atomic mass is 16.4. The van der Waals surface area contributed by atoms with Gasteiger partial charge in [-0.1, -0.05) is 6.42 Å². The van der Waals surface area contributed by atoms with Crippen LogP contribution in [0.25, 0.3) is 0 Å². The van der Waals surface area contributed by atoms with Crippen molar-refractivity contribution in [3.8, 4) is 0 Å². The van der Waals surface area contributed by atoms with Crippen LogP contribution in [0.4, 0.5) is 5.82 Å². The van der Waals surface area contributed by atoms with E-state index in [-0.39, 0.29) is 17.4 Å². The van der Waals surface area contributed by atoms with Gasteiger partial charge in [-0.05, 0) is 19.8 Å². The van der Waals surface area contributed by atoms with Crippen LogP contribution in [0, 0.1) is 5.41 Å². The highest BCUT2D eigenvalue weighted by Gasteiger charge is 2.45. The van der Waals surface area contributed by atoms with Crippen LogP contribution in [0.1, 0.15) is 26.2 Å². The number of nitrogens with one attached hydrogen (secondary N) is 2. The molecule has 0 amide bonds.